The van der Waals surface area contributed by atoms with E-state index in [4.69, 9.17) is 40.5 Å². The number of halogens is 14. The fraction of sp³-hybridized carbons (Fsp3) is 0.0833. The molecule has 23 nitrogen and oxygen atoms in total. The third-order valence-corrected chi connectivity index (χ3v) is 20.4. The first-order chi connectivity index (χ1) is 57.2. The predicted octanol–water partition coefficient (Wildman–Crippen LogP) is 20.0. The van der Waals surface area contributed by atoms with Gasteiger partial charge in [0.2, 0.25) is 29.1 Å². The standard InChI is InChI=1S/C18H11F2NO3.C17H8F5NO2.C17H8F2N2O2.C16H7ClF2N2O4.C16H8F2N2O4/c1-8-7-21-13-4-3-10(9(2)22)5-14(13)24-18-15(20)12(19)6-11(16(18)21)17(8)23;1-7-6-23-11-3-2-8(17(20,21)22)4-12(11)25-16-13(19)10(18)5-9(14(16)23)15(7)24;1-8-7-21-12-3-2-9(6-20)4-13(12)23-17-14(19)11(18)5-10(15(17)21)16(8)22;1-6-5-20-11-3-8(17)10(21(23)24)4-12(11)25-16-13(19)9(18)2-7(14(16)20)15(6)22;1-7-6-19-11-3-2-8(20(22)23)4-12(11)24-16-13(18)10(17)5-9(14(16)19)15(7)21/h3-7H,1-2H3;2-6H,1H3;2-5,7H,1H3;2-5H,1H3;2-6H,1H3. The third kappa shape index (κ3) is 12.9. The number of carbonyl (C=O) groups is 1. The monoisotopic (exact) mass is 1680 g/mol. The van der Waals surface area contributed by atoms with Gasteiger partial charge in [-0.15, -0.1) is 0 Å². The summed E-state index contributed by atoms with van der Waals surface area (Å²) in [7, 11) is 0. The minimum Gasteiger partial charge on any atom is -0.450 e. The molecule has 0 spiro atoms. The van der Waals surface area contributed by atoms with Gasteiger partial charge in [0.25, 0.3) is 11.4 Å². The Morgan fingerprint density at radius 3 is 1.02 bits per heavy atom. The van der Waals surface area contributed by atoms with Crippen LogP contribution in [0.15, 0.2) is 170 Å². The molecule has 0 saturated heterocycles. The van der Waals surface area contributed by atoms with Crippen LogP contribution in [0.3, 0.4) is 0 Å². The van der Waals surface area contributed by atoms with Gasteiger partial charge in [-0.1, -0.05) is 11.6 Å². The van der Waals surface area contributed by atoms with Crippen molar-refractivity contribution < 1.29 is 95.4 Å². The highest BCUT2D eigenvalue weighted by Crippen LogP contribution is 2.50. The van der Waals surface area contributed by atoms with Gasteiger partial charge >= 0.3 is 6.18 Å². The van der Waals surface area contributed by atoms with E-state index < -0.39 is 119 Å². The molecule has 0 atom stereocenters. The summed E-state index contributed by atoms with van der Waals surface area (Å²) in [6, 6.07) is 24.4. The number of hydrogen-bond acceptors (Lipinski definition) is 16. The van der Waals surface area contributed by atoms with Gasteiger partial charge < -0.3 is 46.5 Å². The molecule has 0 N–H and O–H groups in total. The lowest BCUT2D eigenvalue weighted by Crippen LogP contribution is -2.17. The number of rotatable bonds is 3. The van der Waals surface area contributed by atoms with Crippen molar-refractivity contribution in [1.82, 2.24) is 22.8 Å². The summed E-state index contributed by atoms with van der Waals surface area (Å²) >= 11 is 5.94. The Labute approximate surface area is 668 Å². The van der Waals surface area contributed by atoms with Crippen molar-refractivity contribution in [3.05, 3.63) is 325 Å². The molecule has 0 aliphatic carbocycles. The van der Waals surface area contributed by atoms with Crippen LogP contribution in [0, 0.1) is 124 Å². The number of alkyl halides is 3. The summed E-state index contributed by atoms with van der Waals surface area (Å²) in [5, 5.41) is 30.7. The number of ether oxygens (including phenoxy) is 5. The number of hydrogen-bond donors (Lipinski definition) is 0. The van der Waals surface area contributed by atoms with Gasteiger partial charge in [0.15, 0.2) is 120 Å². The zero-order valence-electron chi connectivity index (χ0n) is 61.8. The first-order valence-corrected chi connectivity index (χ1v) is 35.4. The molecule has 0 amide bonds. The average molecular weight is 1690 g/mol. The minimum absolute atomic E-state index is 0.00514. The molecule has 5 aliphatic heterocycles. The van der Waals surface area contributed by atoms with Crippen LogP contribution in [0.5, 0.6) is 57.5 Å². The molecule has 5 aromatic heterocycles. The van der Waals surface area contributed by atoms with E-state index in [-0.39, 0.29) is 145 Å². The summed E-state index contributed by atoms with van der Waals surface area (Å²) in [6.07, 6.45) is 2.75. The Bertz CT molecular complexity index is 7550. The molecule has 606 valence electrons. The number of pyridine rings is 5. The summed E-state index contributed by atoms with van der Waals surface area (Å²) < 4.78 is 213. The molecule has 0 fully saturated rings. The number of benzene rings is 10. The topological polar surface area (TPSA) is 283 Å². The number of Topliss-reactive ketones (excluding diaryl/α,β-unsaturated/α-hetero) is 1. The van der Waals surface area contributed by atoms with E-state index in [9.17, 15) is 106 Å². The number of nitrogens with zero attached hydrogens (tertiary/aromatic N) is 8. The molecule has 15 aromatic rings. The van der Waals surface area contributed by atoms with E-state index in [1.54, 1.807) is 66.6 Å². The fourth-order valence-corrected chi connectivity index (χ4v) is 14.6. The summed E-state index contributed by atoms with van der Waals surface area (Å²) in [5.41, 5.74) is 0.932. The van der Waals surface area contributed by atoms with Gasteiger partial charge in [0.1, 0.15) is 32.6 Å². The van der Waals surface area contributed by atoms with Crippen LogP contribution in [-0.2, 0) is 6.18 Å². The smallest absolute Gasteiger partial charge is 0.416 e. The van der Waals surface area contributed by atoms with Crippen molar-refractivity contribution in [2.75, 3.05) is 0 Å². The van der Waals surface area contributed by atoms with Gasteiger partial charge in [0.05, 0.1) is 94.5 Å². The van der Waals surface area contributed by atoms with Crippen LogP contribution in [0.1, 0.15) is 56.2 Å². The number of nitro groups is 2. The van der Waals surface area contributed by atoms with Crippen LogP contribution in [0.25, 0.3) is 83.0 Å². The minimum atomic E-state index is -4.62. The molecule has 0 radical (unpaired) electrons. The van der Waals surface area contributed by atoms with E-state index in [0.29, 0.717) is 50.9 Å². The lowest BCUT2D eigenvalue weighted by Gasteiger charge is -2.24. The van der Waals surface area contributed by atoms with Crippen molar-refractivity contribution in [2.45, 2.75) is 47.7 Å². The molecule has 5 aliphatic rings. The van der Waals surface area contributed by atoms with E-state index in [2.05, 4.69) is 0 Å². The zero-order chi connectivity index (χ0) is 86.8. The highest BCUT2D eigenvalue weighted by Gasteiger charge is 2.37. The normalized spacial score (nSPS) is 12.1. The van der Waals surface area contributed by atoms with E-state index in [0.717, 1.165) is 54.6 Å². The van der Waals surface area contributed by atoms with Crippen LogP contribution < -0.4 is 50.8 Å². The van der Waals surface area contributed by atoms with Crippen molar-refractivity contribution in [1.29, 1.82) is 5.26 Å². The molecule has 10 aromatic carbocycles. The van der Waals surface area contributed by atoms with E-state index >= 15 is 0 Å². The average Bonchev–Trinajstić information content (AvgIpc) is 0.758. The van der Waals surface area contributed by atoms with Crippen molar-refractivity contribution in [3.8, 4) is 92.0 Å². The summed E-state index contributed by atoms with van der Waals surface area (Å²) in [5.74, 6) is -14.7. The Balaban J connectivity index is 0.000000112. The molecular weight excluding hydrogens is 1640 g/mol. The largest absolute Gasteiger partial charge is 0.450 e. The molecular formula is C84H42ClF13N8O15. The lowest BCUT2D eigenvalue weighted by molar-refractivity contribution is -0.385. The lowest BCUT2D eigenvalue weighted by atomic mass is 10.1. The highest BCUT2D eigenvalue weighted by atomic mass is 35.5. The summed E-state index contributed by atoms with van der Waals surface area (Å²) in [4.78, 5) is 93.5. The first kappa shape index (κ1) is 79.4. The predicted molar refractivity (Wildman–Crippen MR) is 409 cm³/mol. The maximum absolute atomic E-state index is 14.2. The quantitative estimate of drug-likeness (QED) is 0.0687. The molecule has 37 heteroatoms. The van der Waals surface area contributed by atoms with Crippen molar-refractivity contribution in [3.63, 3.8) is 0 Å². The number of carbonyl (C=O) groups excluding carboxylic acids is 1. The Kier molecular flexibility index (Phi) is 18.9. The molecule has 10 heterocycles. The van der Waals surface area contributed by atoms with Crippen molar-refractivity contribution in [2.24, 2.45) is 0 Å². The van der Waals surface area contributed by atoms with Crippen LogP contribution in [-0.4, -0.2) is 38.5 Å². The van der Waals surface area contributed by atoms with Crippen molar-refractivity contribution >= 4 is 83.3 Å². The van der Waals surface area contributed by atoms with Gasteiger partial charge in [0, 0.05) is 76.5 Å². The second-order valence-electron chi connectivity index (χ2n) is 27.7. The number of non-ortho nitro benzene ring substituents is 1. The van der Waals surface area contributed by atoms with Crippen LogP contribution >= 0.6 is 11.6 Å². The molecule has 0 bridgehead atoms. The van der Waals surface area contributed by atoms with Gasteiger partial charge in [-0.25, -0.2) is 22.0 Å². The number of fused-ring (bicyclic) bond motifs is 10. The number of ketones is 1. The Morgan fingerprint density at radius 2 is 0.694 bits per heavy atom. The SMILES string of the molecule is CC(=O)c1ccc2c(c1)Oc1c(F)c(F)cc3c(=O)c(C)cn-2c13.Cc1cn2c3c(c(F)c(F)cc3c1=O)Oc1cc(C#N)ccc1-2.Cc1cn2c3c(c(F)c(F)cc3c1=O)Oc1cc(C(F)(F)F)ccc1-2.Cc1cn2c3c(c(F)c(F)cc3c1=O)Oc1cc([N+](=O)[O-])c(Cl)cc1-2.Cc1cn2c3c(c(F)c(F)cc3c1=O)Oc1cc([N+](=O)[O-])ccc1-2. The second kappa shape index (κ2) is 28.7. The van der Waals surface area contributed by atoms with Crippen LogP contribution in [0.4, 0.5) is 68.5 Å². The molecule has 0 saturated carbocycles. The highest BCUT2D eigenvalue weighted by molar-refractivity contribution is 6.33. The van der Waals surface area contributed by atoms with Gasteiger partial charge in [-0.3, -0.25) is 49.0 Å². The van der Waals surface area contributed by atoms with Gasteiger partial charge in [-0.2, -0.15) is 40.4 Å². The Morgan fingerprint density at radius 1 is 0.397 bits per heavy atom. The number of nitro benzene ring substituents is 2. The Hall–Kier alpha value is -15.4. The number of aryl methyl sites for hydroxylation is 5. The second-order valence-corrected chi connectivity index (χ2v) is 28.1. The molecule has 0 unspecified atom stereocenters. The summed E-state index contributed by atoms with van der Waals surface area (Å²) in [6.45, 7) is 9.16. The fourth-order valence-electron chi connectivity index (χ4n) is 14.3. The van der Waals surface area contributed by atoms with Crippen LogP contribution in [0.2, 0.25) is 5.02 Å². The third-order valence-electron chi connectivity index (χ3n) is 20.1. The zero-order valence-corrected chi connectivity index (χ0v) is 62.6. The maximum Gasteiger partial charge on any atom is 0.416 e. The van der Waals surface area contributed by atoms with E-state index in [1.807, 2.05) is 6.07 Å². The molecule has 20 rings (SSSR count). The number of nitriles is 1. The first-order valence-electron chi connectivity index (χ1n) is 35.0. The maximum atomic E-state index is 14.2. The van der Waals surface area contributed by atoms with E-state index in [1.165, 1.54) is 83.4 Å². The molecule has 121 heavy (non-hydrogen) atoms. The van der Waals surface area contributed by atoms with Gasteiger partial charge in [-0.05, 0) is 133 Å². The number of aromatic nitrogens is 5.